The zero-order valence-electron chi connectivity index (χ0n) is 9.76. The minimum atomic E-state index is 0.551. The lowest BCUT2D eigenvalue weighted by Crippen LogP contribution is -1.86. The van der Waals surface area contributed by atoms with Crippen LogP contribution in [0.1, 0.15) is 10.4 Å². The summed E-state index contributed by atoms with van der Waals surface area (Å²) in [4.78, 5) is 19.4. The van der Waals surface area contributed by atoms with Gasteiger partial charge in [-0.1, -0.05) is 35.9 Å². The molecule has 0 aliphatic heterocycles. The molecule has 0 fully saturated rings. The Morgan fingerprint density at radius 1 is 1.16 bits per heavy atom. The number of rotatable bonds is 3. The first-order valence-corrected chi connectivity index (χ1v) is 6.83. The van der Waals surface area contributed by atoms with Gasteiger partial charge in [-0.25, -0.2) is 4.98 Å². The second-order valence-electron chi connectivity index (χ2n) is 3.94. The van der Waals surface area contributed by atoms with Crippen LogP contribution in [0.3, 0.4) is 0 Å². The molecule has 0 bridgehead atoms. The van der Waals surface area contributed by atoms with E-state index in [1.165, 1.54) is 11.8 Å². The van der Waals surface area contributed by atoms with Gasteiger partial charge in [-0.05, 0) is 30.0 Å². The van der Waals surface area contributed by atoms with Gasteiger partial charge in [-0.15, -0.1) is 0 Å². The Labute approximate surface area is 119 Å². The normalized spacial score (nSPS) is 10.8. The number of aromatic nitrogens is 2. The fourth-order valence-electron chi connectivity index (χ4n) is 1.80. The topological polar surface area (TPSA) is 45.8 Å². The van der Waals surface area contributed by atoms with Crippen molar-refractivity contribution in [3.63, 3.8) is 0 Å². The summed E-state index contributed by atoms with van der Waals surface area (Å²) in [7, 11) is 0. The van der Waals surface area contributed by atoms with Crippen molar-refractivity contribution in [1.29, 1.82) is 0 Å². The van der Waals surface area contributed by atoms with E-state index in [1.807, 2.05) is 24.3 Å². The number of H-pyrrole nitrogens is 1. The van der Waals surface area contributed by atoms with E-state index in [2.05, 4.69) is 9.97 Å². The standard InChI is InChI=1S/C14H9ClN2OS/c15-10-5-3-4-9(8-18)13(10)19-14-16-11-6-1-2-7-12(11)17-14/h1-8H,(H,16,17). The van der Waals surface area contributed by atoms with Crippen LogP contribution in [0.15, 0.2) is 52.5 Å². The molecule has 0 amide bonds. The molecule has 3 nitrogen and oxygen atoms in total. The third-order valence-corrected chi connectivity index (χ3v) is 4.16. The van der Waals surface area contributed by atoms with Gasteiger partial charge in [0.05, 0.1) is 16.1 Å². The van der Waals surface area contributed by atoms with Crippen LogP contribution in [0.5, 0.6) is 0 Å². The van der Waals surface area contributed by atoms with E-state index in [9.17, 15) is 4.79 Å². The van der Waals surface area contributed by atoms with E-state index in [0.29, 0.717) is 10.6 Å². The van der Waals surface area contributed by atoms with Gasteiger partial charge < -0.3 is 4.98 Å². The SMILES string of the molecule is O=Cc1cccc(Cl)c1Sc1nc2ccccc2[nH]1. The monoisotopic (exact) mass is 288 g/mol. The van der Waals surface area contributed by atoms with Gasteiger partial charge in [-0.2, -0.15) is 0 Å². The maximum absolute atomic E-state index is 11.0. The molecule has 1 heterocycles. The summed E-state index contributed by atoms with van der Waals surface area (Å²) >= 11 is 7.50. The van der Waals surface area contributed by atoms with Crippen LogP contribution in [0.2, 0.25) is 5.02 Å². The molecule has 0 atom stereocenters. The minimum absolute atomic E-state index is 0.551. The Bertz CT molecular complexity index is 721. The van der Waals surface area contributed by atoms with Gasteiger partial charge in [0.2, 0.25) is 0 Å². The molecule has 0 saturated heterocycles. The van der Waals surface area contributed by atoms with Crippen molar-refractivity contribution in [3.05, 3.63) is 53.1 Å². The Balaban J connectivity index is 2.03. The van der Waals surface area contributed by atoms with Crippen molar-refractivity contribution in [2.75, 3.05) is 0 Å². The smallest absolute Gasteiger partial charge is 0.171 e. The van der Waals surface area contributed by atoms with Crippen LogP contribution >= 0.6 is 23.4 Å². The van der Waals surface area contributed by atoms with Crippen molar-refractivity contribution >= 4 is 40.7 Å². The molecule has 3 rings (SSSR count). The molecule has 0 aliphatic carbocycles. The van der Waals surface area contributed by atoms with Crippen LogP contribution in [0.4, 0.5) is 0 Å². The highest BCUT2D eigenvalue weighted by atomic mass is 35.5. The molecular weight excluding hydrogens is 280 g/mol. The molecule has 2 aromatic carbocycles. The lowest BCUT2D eigenvalue weighted by molar-refractivity contribution is 0.112. The lowest BCUT2D eigenvalue weighted by Gasteiger charge is -2.04. The summed E-state index contributed by atoms with van der Waals surface area (Å²) in [6.45, 7) is 0. The molecule has 5 heteroatoms. The molecule has 94 valence electrons. The number of para-hydroxylation sites is 2. The average molecular weight is 289 g/mol. The van der Waals surface area contributed by atoms with E-state index in [-0.39, 0.29) is 0 Å². The van der Waals surface area contributed by atoms with Gasteiger partial charge >= 0.3 is 0 Å². The number of hydrogen-bond donors (Lipinski definition) is 1. The van der Waals surface area contributed by atoms with E-state index in [1.54, 1.807) is 18.2 Å². The largest absolute Gasteiger partial charge is 0.333 e. The summed E-state index contributed by atoms with van der Waals surface area (Å²) < 4.78 is 0. The first-order chi connectivity index (χ1) is 9.28. The van der Waals surface area contributed by atoms with Crippen molar-refractivity contribution in [1.82, 2.24) is 9.97 Å². The minimum Gasteiger partial charge on any atom is -0.333 e. The highest BCUT2D eigenvalue weighted by Gasteiger charge is 2.11. The van der Waals surface area contributed by atoms with Gasteiger partial charge in [0.15, 0.2) is 11.4 Å². The molecule has 1 aromatic heterocycles. The number of imidazole rings is 1. The number of halogens is 1. The number of benzene rings is 2. The van der Waals surface area contributed by atoms with Gasteiger partial charge in [0.1, 0.15) is 0 Å². The number of carbonyl (C=O) groups excluding carboxylic acids is 1. The fraction of sp³-hybridized carbons (Fsp3) is 0. The number of carbonyl (C=O) groups is 1. The predicted octanol–water partition coefficient (Wildman–Crippen LogP) is 4.18. The second kappa shape index (κ2) is 5.07. The first-order valence-electron chi connectivity index (χ1n) is 5.64. The quantitative estimate of drug-likeness (QED) is 0.735. The van der Waals surface area contributed by atoms with E-state index < -0.39 is 0 Å². The van der Waals surface area contributed by atoms with Crippen LogP contribution in [0.25, 0.3) is 11.0 Å². The zero-order chi connectivity index (χ0) is 13.2. The predicted molar refractivity (Wildman–Crippen MR) is 77.1 cm³/mol. The maximum atomic E-state index is 11.0. The van der Waals surface area contributed by atoms with Crippen LogP contribution in [-0.4, -0.2) is 16.3 Å². The summed E-state index contributed by atoms with van der Waals surface area (Å²) in [6.07, 6.45) is 0.802. The van der Waals surface area contributed by atoms with Crippen molar-refractivity contribution in [2.24, 2.45) is 0 Å². The Kier molecular flexibility index (Phi) is 3.27. The Morgan fingerprint density at radius 2 is 2.00 bits per heavy atom. The van der Waals surface area contributed by atoms with Gasteiger partial charge in [-0.3, -0.25) is 4.79 Å². The molecule has 0 saturated carbocycles. The van der Waals surface area contributed by atoms with Crippen LogP contribution in [0, 0.1) is 0 Å². The average Bonchev–Trinajstić information content (AvgIpc) is 2.83. The second-order valence-corrected chi connectivity index (χ2v) is 5.34. The molecule has 3 aromatic rings. The fourth-order valence-corrected chi connectivity index (χ4v) is 3.00. The molecule has 19 heavy (non-hydrogen) atoms. The van der Waals surface area contributed by atoms with E-state index in [0.717, 1.165) is 27.4 Å². The van der Waals surface area contributed by atoms with E-state index >= 15 is 0 Å². The summed E-state index contributed by atoms with van der Waals surface area (Å²) in [6, 6.07) is 13.0. The summed E-state index contributed by atoms with van der Waals surface area (Å²) in [5.41, 5.74) is 2.42. The zero-order valence-corrected chi connectivity index (χ0v) is 11.3. The number of hydrogen-bond acceptors (Lipinski definition) is 3. The van der Waals surface area contributed by atoms with Crippen LogP contribution in [-0.2, 0) is 0 Å². The molecule has 0 unspecified atom stereocenters. The lowest BCUT2D eigenvalue weighted by atomic mass is 10.2. The number of aromatic amines is 1. The highest BCUT2D eigenvalue weighted by molar-refractivity contribution is 7.99. The first kappa shape index (κ1) is 12.3. The third kappa shape index (κ3) is 2.37. The van der Waals surface area contributed by atoms with Gasteiger partial charge in [0, 0.05) is 10.5 Å². The van der Waals surface area contributed by atoms with Crippen molar-refractivity contribution in [3.8, 4) is 0 Å². The number of nitrogens with zero attached hydrogens (tertiary/aromatic N) is 1. The van der Waals surface area contributed by atoms with E-state index in [4.69, 9.17) is 11.6 Å². The molecule has 1 N–H and O–H groups in total. The van der Waals surface area contributed by atoms with Gasteiger partial charge in [0.25, 0.3) is 0 Å². The third-order valence-electron chi connectivity index (χ3n) is 2.69. The Hall–Kier alpha value is -1.78. The Morgan fingerprint density at radius 3 is 2.79 bits per heavy atom. The summed E-state index contributed by atoms with van der Waals surface area (Å²) in [5, 5.41) is 1.27. The molecule has 0 radical (unpaired) electrons. The molecular formula is C14H9ClN2OS. The summed E-state index contributed by atoms with van der Waals surface area (Å²) in [5.74, 6) is 0. The maximum Gasteiger partial charge on any atom is 0.171 e. The highest BCUT2D eigenvalue weighted by Crippen LogP contribution is 2.34. The number of aldehydes is 1. The van der Waals surface area contributed by atoms with Crippen molar-refractivity contribution < 1.29 is 4.79 Å². The number of fused-ring (bicyclic) bond motifs is 1. The van der Waals surface area contributed by atoms with Crippen molar-refractivity contribution in [2.45, 2.75) is 10.1 Å². The van der Waals surface area contributed by atoms with Crippen LogP contribution < -0.4 is 0 Å². The molecule has 0 spiro atoms. The molecule has 0 aliphatic rings. The number of nitrogens with one attached hydrogen (secondary N) is 1.